The minimum absolute atomic E-state index is 0.215. The van der Waals surface area contributed by atoms with Crippen LogP contribution >= 0.6 is 23.2 Å². The Morgan fingerprint density at radius 2 is 1.82 bits per heavy atom. The largest absolute Gasteiger partial charge is 0.337 e. The molecule has 1 aliphatic rings. The molecular formula is C18H22Cl2N4O3S. The van der Waals surface area contributed by atoms with Crippen LogP contribution in [0.25, 0.3) is 0 Å². The van der Waals surface area contributed by atoms with Crippen molar-refractivity contribution in [3.8, 4) is 0 Å². The van der Waals surface area contributed by atoms with Crippen LogP contribution in [0.5, 0.6) is 0 Å². The van der Waals surface area contributed by atoms with E-state index in [9.17, 15) is 13.2 Å². The van der Waals surface area contributed by atoms with Crippen molar-refractivity contribution in [1.82, 2.24) is 19.0 Å². The number of nitrogens with zero attached hydrogens (tertiary/aromatic N) is 4. The third-order valence-corrected chi connectivity index (χ3v) is 7.64. The van der Waals surface area contributed by atoms with Gasteiger partial charge in [0.15, 0.2) is 0 Å². The number of halogens is 2. The molecular weight excluding hydrogens is 423 g/mol. The molecule has 1 aliphatic heterocycles. The second-order valence-corrected chi connectivity index (χ2v) is 9.52. The first kappa shape index (κ1) is 21.1. The van der Waals surface area contributed by atoms with Crippen molar-refractivity contribution < 1.29 is 13.2 Å². The van der Waals surface area contributed by atoms with E-state index in [0.29, 0.717) is 41.5 Å². The molecule has 1 aromatic heterocycles. The van der Waals surface area contributed by atoms with Crippen molar-refractivity contribution in [3.05, 3.63) is 45.2 Å². The highest BCUT2D eigenvalue weighted by Gasteiger charge is 2.32. The van der Waals surface area contributed by atoms with Crippen molar-refractivity contribution in [2.45, 2.75) is 25.2 Å². The fraction of sp³-hybridized carbons (Fsp3) is 0.444. The molecule has 0 atom stereocenters. The molecule has 1 fully saturated rings. The lowest BCUT2D eigenvalue weighted by atomic mass is 10.2. The lowest BCUT2D eigenvalue weighted by Gasteiger charge is -2.22. The minimum atomic E-state index is -3.68. The van der Waals surface area contributed by atoms with Crippen LogP contribution in [0.2, 0.25) is 10.0 Å². The molecule has 1 aromatic carbocycles. The van der Waals surface area contributed by atoms with Gasteiger partial charge in [-0.25, -0.2) is 8.42 Å². The van der Waals surface area contributed by atoms with Gasteiger partial charge in [-0.15, -0.1) is 0 Å². The van der Waals surface area contributed by atoms with Crippen LogP contribution in [-0.4, -0.2) is 59.5 Å². The Morgan fingerprint density at radius 3 is 2.43 bits per heavy atom. The van der Waals surface area contributed by atoms with Crippen LogP contribution in [0.1, 0.15) is 28.2 Å². The van der Waals surface area contributed by atoms with Crippen molar-refractivity contribution >= 4 is 39.1 Å². The zero-order valence-electron chi connectivity index (χ0n) is 15.9. The smallest absolute Gasteiger partial charge is 0.255 e. The molecule has 0 unspecified atom stereocenters. The molecule has 0 N–H and O–H groups in total. The number of carbonyl (C=O) groups excluding carboxylic acids is 1. The zero-order chi connectivity index (χ0) is 20.6. The molecule has 7 nitrogen and oxygen atoms in total. The lowest BCUT2D eigenvalue weighted by molar-refractivity contribution is 0.0764. The van der Waals surface area contributed by atoms with Gasteiger partial charge < -0.3 is 4.90 Å². The summed E-state index contributed by atoms with van der Waals surface area (Å²) in [6, 6.07) is 4.73. The van der Waals surface area contributed by atoms with E-state index in [1.807, 2.05) is 0 Å². The van der Waals surface area contributed by atoms with E-state index >= 15 is 0 Å². The molecule has 0 bridgehead atoms. The van der Waals surface area contributed by atoms with Crippen LogP contribution in [0.3, 0.4) is 0 Å². The van der Waals surface area contributed by atoms with Crippen molar-refractivity contribution in [1.29, 1.82) is 0 Å². The van der Waals surface area contributed by atoms with Gasteiger partial charge in [0.1, 0.15) is 4.90 Å². The number of rotatable bonds is 3. The number of hydrogen-bond donors (Lipinski definition) is 0. The summed E-state index contributed by atoms with van der Waals surface area (Å²) in [6.07, 6.45) is 0.536. The van der Waals surface area contributed by atoms with E-state index in [1.54, 1.807) is 42.6 Å². The molecule has 1 amide bonds. The average Bonchev–Trinajstić information content (AvgIpc) is 2.80. The number of carbonyl (C=O) groups is 1. The molecule has 10 heteroatoms. The SMILES string of the molecule is Cc1nn(C)c(C)c1S(=O)(=O)N1CCCN(C(=O)c2ccc(Cl)cc2Cl)CC1. The summed E-state index contributed by atoms with van der Waals surface area (Å²) in [5.74, 6) is -0.227. The molecule has 0 saturated carbocycles. The summed E-state index contributed by atoms with van der Waals surface area (Å²) < 4.78 is 29.3. The average molecular weight is 445 g/mol. The first-order valence-corrected chi connectivity index (χ1v) is 11.1. The van der Waals surface area contributed by atoms with Crippen LogP contribution in [0, 0.1) is 13.8 Å². The van der Waals surface area contributed by atoms with Gasteiger partial charge in [0.2, 0.25) is 10.0 Å². The molecule has 0 radical (unpaired) electrons. The Kier molecular flexibility index (Phi) is 6.05. The number of hydrogen-bond acceptors (Lipinski definition) is 4. The Morgan fingerprint density at radius 1 is 1.11 bits per heavy atom. The normalized spacial score (nSPS) is 16.2. The molecule has 0 spiro atoms. The predicted octanol–water partition coefficient (Wildman–Crippen LogP) is 2.88. The maximum Gasteiger partial charge on any atom is 0.255 e. The minimum Gasteiger partial charge on any atom is -0.337 e. The number of amides is 1. The Bertz CT molecular complexity index is 1020. The van der Waals surface area contributed by atoms with E-state index in [2.05, 4.69) is 5.10 Å². The van der Waals surface area contributed by atoms with Crippen LogP contribution in [0.4, 0.5) is 0 Å². The van der Waals surface area contributed by atoms with E-state index < -0.39 is 10.0 Å². The second kappa shape index (κ2) is 8.02. The van der Waals surface area contributed by atoms with E-state index in [1.165, 1.54) is 10.4 Å². The number of sulfonamides is 1. The van der Waals surface area contributed by atoms with Gasteiger partial charge in [0, 0.05) is 38.2 Å². The van der Waals surface area contributed by atoms with E-state index in [-0.39, 0.29) is 28.9 Å². The van der Waals surface area contributed by atoms with Gasteiger partial charge in [0.05, 0.1) is 22.0 Å². The molecule has 2 heterocycles. The van der Waals surface area contributed by atoms with Gasteiger partial charge in [-0.3, -0.25) is 9.48 Å². The standard InChI is InChI=1S/C18H22Cl2N4O3S/c1-12-17(13(2)22(3)21-12)28(26,27)24-8-4-7-23(9-10-24)18(25)15-6-5-14(19)11-16(15)20/h5-6,11H,4,7-10H2,1-3H3. The van der Waals surface area contributed by atoms with E-state index in [0.717, 1.165) is 0 Å². The molecule has 3 rings (SSSR count). The van der Waals surface area contributed by atoms with Crippen molar-refractivity contribution in [3.63, 3.8) is 0 Å². The number of aryl methyl sites for hydroxylation is 2. The summed E-state index contributed by atoms with van der Waals surface area (Å²) in [5, 5.41) is 4.96. The summed E-state index contributed by atoms with van der Waals surface area (Å²) in [7, 11) is -1.96. The maximum absolute atomic E-state index is 13.2. The Balaban J connectivity index is 1.80. The highest BCUT2D eigenvalue weighted by molar-refractivity contribution is 7.89. The zero-order valence-corrected chi connectivity index (χ0v) is 18.3. The third-order valence-electron chi connectivity index (χ3n) is 4.94. The number of aromatic nitrogens is 2. The van der Waals surface area contributed by atoms with Gasteiger partial charge >= 0.3 is 0 Å². The molecule has 2 aromatic rings. The lowest BCUT2D eigenvalue weighted by Crippen LogP contribution is -2.37. The van der Waals surface area contributed by atoms with Crippen LogP contribution in [-0.2, 0) is 17.1 Å². The van der Waals surface area contributed by atoms with Crippen LogP contribution < -0.4 is 0 Å². The topological polar surface area (TPSA) is 75.5 Å². The van der Waals surface area contributed by atoms with Crippen molar-refractivity contribution in [2.75, 3.05) is 26.2 Å². The summed E-state index contributed by atoms with van der Waals surface area (Å²) in [6.45, 7) is 4.73. The molecule has 28 heavy (non-hydrogen) atoms. The summed E-state index contributed by atoms with van der Waals surface area (Å²) >= 11 is 12.1. The third kappa shape index (κ3) is 3.91. The fourth-order valence-corrected chi connectivity index (χ4v) is 5.79. The molecule has 0 aliphatic carbocycles. The quantitative estimate of drug-likeness (QED) is 0.728. The highest BCUT2D eigenvalue weighted by Crippen LogP contribution is 2.26. The van der Waals surface area contributed by atoms with Gasteiger partial charge in [0.25, 0.3) is 5.91 Å². The van der Waals surface area contributed by atoms with Gasteiger partial charge in [-0.2, -0.15) is 9.40 Å². The Hall–Kier alpha value is -1.61. The summed E-state index contributed by atoms with van der Waals surface area (Å²) in [4.78, 5) is 14.7. The fourth-order valence-electron chi connectivity index (χ4n) is 3.43. The second-order valence-electron chi connectivity index (χ2n) is 6.80. The molecule has 152 valence electrons. The van der Waals surface area contributed by atoms with Crippen molar-refractivity contribution in [2.24, 2.45) is 7.05 Å². The Labute approximate surface area is 174 Å². The van der Waals surface area contributed by atoms with Gasteiger partial charge in [-0.05, 0) is 38.5 Å². The summed E-state index contributed by atoms with van der Waals surface area (Å²) in [5.41, 5.74) is 1.44. The maximum atomic E-state index is 13.2. The number of benzene rings is 1. The van der Waals surface area contributed by atoms with Gasteiger partial charge in [-0.1, -0.05) is 23.2 Å². The monoisotopic (exact) mass is 444 g/mol. The highest BCUT2D eigenvalue weighted by atomic mass is 35.5. The predicted molar refractivity (Wildman–Crippen MR) is 108 cm³/mol. The first-order chi connectivity index (χ1) is 13.1. The first-order valence-electron chi connectivity index (χ1n) is 8.87. The van der Waals surface area contributed by atoms with Crippen LogP contribution in [0.15, 0.2) is 23.1 Å². The van der Waals surface area contributed by atoms with E-state index in [4.69, 9.17) is 23.2 Å². The molecule has 1 saturated heterocycles.